The Bertz CT molecular complexity index is 968. The van der Waals surface area contributed by atoms with E-state index in [1.807, 2.05) is 4.90 Å². The lowest BCUT2D eigenvalue weighted by Crippen LogP contribution is -3.13. The summed E-state index contributed by atoms with van der Waals surface area (Å²) in [7, 11) is 1.59. The van der Waals surface area contributed by atoms with Crippen molar-refractivity contribution in [3.8, 4) is 17.2 Å². The van der Waals surface area contributed by atoms with E-state index in [2.05, 4.69) is 10.2 Å². The zero-order chi connectivity index (χ0) is 20.2. The third-order valence-electron chi connectivity index (χ3n) is 5.18. The van der Waals surface area contributed by atoms with Gasteiger partial charge in [0.25, 0.3) is 5.91 Å². The highest BCUT2D eigenvalue weighted by Gasteiger charge is 2.25. The number of nitrogens with one attached hydrogen (secondary N) is 1. The van der Waals surface area contributed by atoms with Crippen molar-refractivity contribution in [2.45, 2.75) is 6.54 Å². The Hall–Kier alpha value is -3.26. The number of rotatable bonds is 5. The van der Waals surface area contributed by atoms with Gasteiger partial charge in [-0.15, -0.1) is 10.2 Å². The normalized spacial score (nSPS) is 14.8. The quantitative estimate of drug-likeness (QED) is 0.705. The summed E-state index contributed by atoms with van der Waals surface area (Å²) >= 11 is 0. The van der Waals surface area contributed by atoms with Crippen molar-refractivity contribution in [1.29, 1.82) is 0 Å². The van der Waals surface area contributed by atoms with Gasteiger partial charge in [-0.25, -0.2) is 4.39 Å². The second kappa shape index (κ2) is 8.40. The third kappa shape index (κ3) is 4.27. The van der Waals surface area contributed by atoms with E-state index in [1.54, 1.807) is 37.4 Å². The van der Waals surface area contributed by atoms with Crippen LogP contribution < -0.4 is 9.64 Å². The van der Waals surface area contributed by atoms with Crippen molar-refractivity contribution in [3.05, 3.63) is 65.8 Å². The molecule has 1 N–H and O–H groups in total. The number of ether oxygens (including phenoxy) is 1. The molecule has 150 valence electrons. The maximum atomic E-state index is 13.6. The van der Waals surface area contributed by atoms with E-state index in [-0.39, 0.29) is 11.7 Å². The van der Waals surface area contributed by atoms with Crippen LogP contribution in [0.15, 0.2) is 53.3 Å². The van der Waals surface area contributed by atoms with E-state index in [4.69, 9.17) is 9.15 Å². The predicted molar refractivity (Wildman–Crippen MR) is 103 cm³/mol. The van der Waals surface area contributed by atoms with Crippen LogP contribution in [0.1, 0.15) is 15.9 Å². The number of aromatic nitrogens is 2. The zero-order valence-corrected chi connectivity index (χ0v) is 16.1. The van der Waals surface area contributed by atoms with Gasteiger partial charge >= 0.3 is 0 Å². The fourth-order valence-corrected chi connectivity index (χ4v) is 3.59. The molecule has 0 radical (unpaired) electrons. The molecule has 0 saturated carbocycles. The van der Waals surface area contributed by atoms with E-state index >= 15 is 0 Å². The van der Waals surface area contributed by atoms with E-state index in [1.165, 1.54) is 23.4 Å². The van der Waals surface area contributed by atoms with Gasteiger partial charge in [-0.3, -0.25) is 4.79 Å². The molecule has 1 aliphatic rings. The summed E-state index contributed by atoms with van der Waals surface area (Å²) in [6.07, 6.45) is 1.27. The van der Waals surface area contributed by atoms with Crippen molar-refractivity contribution in [3.63, 3.8) is 0 Å². The first-order chi connectivity index (χ1) is 14.1. The van der Waals surface area contributed by atoms with Gasteiger partial charge in [-0.05, 0) is 42.5 Å². The Morgan fingerprint density at radius 3 is 2.62 bits per heavy atom. The van der Waals surface area contributed by atoms with Gasteiger partial charge in [0.2, 0.25) is 12.3 Å². The van der Waals surface area contributed by atoms with Crippen LogP contribution in [0.4, 0.5) is 4.39 Å². The van der Waals surface area contributed by atoms with Crippen LogP contribution in [0.2, 0.25) is 0 Å². The largest absolute Gasteiger partial charge is 0.496 e. The lowest BCUT2D eigenvalue weighted by atomic mass is 10.1. The summed E-state index contributed by atoms with van der Waals surface area (Å²) in [6, 6.07) is 11.7. The number of methoxy groups -OCH3 is 1. The van der Waals surface area contributed by atoms with Crippen molar-refractivity contribution in [2.75, 3.05) is 33.3 Å². The molecule has 7 nitrogen and oxygen atoms in total. The van der Waals surface area contributed by atoms with Crippen LogP contribution >= 0.6 is 0 Å². The molecule has 3 aromatic rings. The first-order valence-electron chi connectivity index (χ1n) is 9.46. The standard InChI is InChI=1S/C21H21FN4O3/c1-28-19-7-6-18(22)12-17(19)13-25-8-10-26(11-9-25)21(27)16-4-2-15(3-5-16)20-24-23-14-29-20/h2-7,12,14H,8-11,13H2,1H3/p+1. The van der Waals surface area contributed by atoms with E-state index in [0.29, 0.717) is 36.8 Å². The second-order valence-electron chi connectivity index (χ2n) is 7.00. The summed E-state index contributed by atoms with van der Waals surface area (Å²) in [6.45, 7) is 3.56. The van der Waals surface area contributed by atoms with Crippen molar-refractivity contribution in [1.82, 2.24) is 15.1 Å². The Morgan fingerprint density at radius 2 is 1.97 bits per heavy atom. The van der Waals surface area contributed by atoms with E-state index < -0.39 is 0 Å². The molecule has 29 heavy (non-hydrogen) atoms. The van der Waals surface area contributed by atoms with Crippen molar-refractivity contribution in [2.24, 2.45) is 0 Å². The molecular weight excluding hydrogens is 375 g/mol. The number of hydrogen-bond donors (Lipinski definition) is 1. The van der Waals surface area contributed by atoms with Gasteiger partial charge < -0.3 is 19.0 Å². The number of piperazine rings is 1. The summed E-state index contributed by atoms with van der Waals surface area (Å²) in [4.78, 5) is 16.0. The number of hydrogen-bond acceptors (Lipinski definition) is 5. The van der Waals surface area contributed by atoms with Gasteiger partial charge in [0.05, 0.1) is 38.9 Å². The Balaban J connectivity index is 1.36. The Labute approximate surface area is 167 Å². The number of carbonyl (C=O) groups is 1. The molecule has 1 aliphatic heterocycles. The summed E-state index contributed by atoms with van der Waals surface area (Å²) in [5, 5.41) is 7.52. The summed E-state index contributed by atoms with van der Waals surface area (Å²) < 4.78 is 24.1. The summed E-state index contributed by atoms with van der Waals surface area (Å²) in [5.41, 5.74) is 2.25. The molecule has 2 aromatic carbocycles. The lowest BCUT2D eigenvalue weighted by molar-refractivity contribution is -0.917. The maximum Gasteiger partial charge on any atom is 0.254 e. The number of amides is 1. The van der Waals surface area contributed by atoms with Crippen molar-refractivity contribution >= 4 is 5.91 Å². The Kier molecular flexibility index (Phi) is 5.53. The van der Waals surface area contributed by atoms with E-state index in [0.717, 1.165) is 24.2 Å². The topological polar surface area (TPSA) is 72.9 Å². The van der Waals surface area contributed by atoms with Gasteiger partial charge in [-0.1, -0.05) is 0 Å². The highest BCUT2D eigenvalue weighted by atomic mass is 19.1. The molecule has 1 saturated heterocycles. The van der Waals surface area contributed by atoms with Crippen molar-refractivity contribution < 1.29 is 23.2 Å². The smallest absolute Gasteiger partial charge is 0.254 e. The van der Waals surface area contributed by atoms with Gasteiger partial charge in [0.15, 0.2) is 0 Å². The van der Waals surface area contributed by atoms with Crippen LogP contribution in [0.25, 0.3) is 11.5 Å². The fourth-order valence-electron chi connectivity index (χ4n) is 3.59. The van der Waals surface area contributed by atoms with Crippen LogP contribution in [0, 0.1) is 5.82 Å². The maximum absolute atomic E-state index is 13.6. The molecule has 4 rings (SSSR count). The average molecular weight is 397 g/mol. The van der Waals surface area contributed by atoms with Gasteiger partial charge in [0, 0.05) is 11.1 Å². The highest BCUT2D eigenvalue weighted by Crippen LogP contribution is 2.19. The Morgan fingerprint density at radius 1 is 1.21 bits per heavy atom. The minimum atomic E-state index is -0.266. The van der Waals surface area contributed by atoms with Crippen LogP contribution in [0.5, 0.6) is 5.75 Å². The van der Waals surface area contributed by atoms with Gasteiger partial charge in [0.1, 0.15) is 18.1 Å². The first-order valence-corrected chi connectivity index (χ1v) is 9.46. The number of carbonyl (C=O) groups excluding carboxylic acids is 1. The summed E-state index contributed by atoms with van der Waals surface area (Å²) in [5.74, 6) is 0.857. The fraction of sp³-hybridized carbons (Fsp3) is 0.286. The lowest BCUT2D eigenvalue weighted by Gasteiger charge is -2.32. The van der Waals surface area contributed by atoms with Gasteiger partial charge in [-0.2, -0.15) is 0 Å². The minimum absolute atomic E-state index is 0.00413. The molecule has 0 unspecified atom stereocenters. The predicted octanol–water partition coefficient (Wildman–Crippen LogP) is 1.43. The molecule has 0 bridgehead atoms. The molecule has 0 aliphatic carbocycles. The second-order valence-corrected chi connectivity index (χ2v) is 7.00. The number of nitrogens with zero attached hydrogens (tertiary/aromatic N) is 3. The SMILES string of the molecule is COc1ccc(F)cc1C[NH+]1CCN(C(=O)c2ccc(-c3nnco3)cc2)CC1. The average Bonchev–Trinajstić information content (AvgIpc) is 3.29. The number of quaternary nitrogens is 1. The van der Waals surface area contributed by atoms with Crippen LogP contribution in [-0.4, -0.2) is 54.3 Å². The van der Waals surface area contributed by atoms with Crippen LogP contribution in [0.3, 0.4) is 0 Å². The molecule has 1 fully saturated rings. The van der Waals surface area contributed by atoms with Crippen LogP contribution in [-0.2, 0) is 6.54 Å². The minimum Gasteiger partial charge on any atom is -0.496 e. The molecule has 8 heteroatoms. The van der Waals surface area contributed by atoms with E-state index in [9.17, 15) is 9.18 Å². The third-order valence-corrected chi connectivity index (χ3v) is 5.18. The number of benzene rings is 2. The molecule has 1 aromatic heterocycles. The molecule has 2 heterocycles. The molecular formula is C21H22FN4O3+. The molecule has 0 spiro atoms. The first kappa shape index (κ1) is 19.1. The molecule has 0 atom stereocenters. The zero-order valence-electron chi connectivity index (χ0n) is 16.1. The highest BCUT2D eigenvalue weighted by molar-refractivity contribution is 5.94. The number of halogens is 1. The molecule has 1 amide bonds. The monoisotopic (exact) mass is 397 g/mol.